The van der Waals surface area contributed by atoms with E-state index >= 15 is 0 Å². The Morgan fingerprint density at radius 1 is 1.47 bits per heavy atom. The van der Waals surface area contributed by atoms with Crippen molar-refractivity contribution in [2.45, 2.75) is 25.4 Å². The van der Waals surface area contributed by atoms with Crippen LogP contribution in [0.5, 0.6) is 0 Å². The van der Waals surface area contributed by atoms with Crippen LogP contribution in [0.15, 0.2) is 30.3 Å². The molecular weight excluding hydrogens is 244 g/mol. The number of hydrogen-bond acceptors (Lipinski definition) is 3. The number of carbonyl (C=O) groups is 2. The van der Waals surface area contributed by atoms with Crippen LogP contribution in [0, 0.1) is 0 Å². The monoisotopic (exact) mass is 262 g/mol. The maximum Gasteiger partial charge on any atom is 0.305 e. The van der Waals surface area contributed by atoms with Gasteiger partial charge in [0.2, 0.25) is 5.91 Å². The van der Waals surface area contributed by atoms with Gasteiger partial charge in [0.05, 0.1) is 19.0 Å². The van der Waals surface area contributed by atoms with E-state index in [1.54, 1.807) is 0 Å². The lowest BCUT2D eigenvalue weighted by atomic mass is 10.0. The molecule has 1 aromatic rings. The van der Waals surface area contributed by atoms with Gasteiger partial charge in [-0.3, -0.25) is 14.5 Å². The van der Waals surface area contributed by atoms with Crippen LogP contribution < -0.4 is 5.32 Å². The number of aliphatic carboxylic acids is 1. The highest BCUT2D eigenvalue weighted by molar-refractivity contribution is 5.80. The number of nitrogens with zero attached hydrogens (tertiary/aromatic N) is 1. The zero-order valence-corrected chi connectivity index (χ0v) is 10.9. The summed E-state index contributed by atoms with van der Waals surface area (Å²) in [6.45, 7) is 2.91. The van der Waals surface area contributed by atoms with Crippen molar-refractivity contribution in [3.63, 3.8) is 0 Å². The Kier molecular flexibility index (Phi) is 4.16. The summed E-state index contributed by atoms with van der Waals surface area (Å²) >= 11 is 0. The van der Waals surface area contributed by atoms with Gasteiger partial charge in [-0.15, -0.1) is 0 Å². The summed E-state index contributed by atoms with van der Waals surface area (Å²) in [5, 5.41) is 11.5. The molecule has 5 heteroatoms. The number of nitrogens with one attached hydrogen (secondary N) is 1. The SMILES string of the molecule is CC(c1ccccc1)N1CC(=O)NC(CC(=O)O)C1. The Morgan fingerprint density at radius 3 is 2.79 bits per heavy atom. The molecule has 19 heavy (non-hydrogen) atoms. The molecule has 0 spiro atoms. The van der Waals surface area contributed by atoms with Crippen molar-refractivity contribution < 1.29 is 14.7 Å². The first-order chi connectivity index (χ1) is 9.06. The number of piperazine rings is 1. The highest BCUT2D eigenvalue weighted by atomic mass is 16.4. The third-order valence-electron chi connectivity index (χ3n) is 3.42. The van der Waals surface area contributed by atoms with E-state index in [4.69, 9.17) is 5.11 Å². The number of carboxylic acids is 1. The van der Waals surface area contributed by atoms with Crippen LogP contribution in [0.2, 0.25) is 0 Å². The maximum atomic E-state index is 11.7. The fourth-order valence-electron chi connectivity index (χ4n) is 2.41. The van der Waals surface area contributed by atoms with Gasteiger partial charge in [-0.25, -0.2) is 0 Å². The summed E-state index contributed by atoms with van der Waals surface area (Å²) in [7, 11) is 0. The molecule has 1 fully saturated rings. The standard InChI is InChI=1S/C14H18N2O3/c1-10(11-5-3-2-4-6-11)16-8-12(7-14(18)19)15-13(17)9-16/h2-6,10,12H,7-9H2,1H3,(H,15,17)(H,18,19). The zero-order valence-electron chi connectivity index (χ0n) is 10.9. The maximum absolute atomic E-state index is 11.7. The van der Waals surface area contributed by atoms with Gasteiger partial charge in [0, 0.05) is 12.6 Å². The van der Waals surface area contributed by atoms with Gasteiger partial charge in [-0.05, 0) is 12.5 Å². The third kappa shape index (κ3) is 3.54. The smallest absolute Gasteiger partial charge is 0.305 e. The second-order valence-corrected chi connectivity index (χ2v) is 4.88. The lowest BCUT2D eigenvalue weighted by molar-refractivity contribution is -0.138. The van der Waals surface area contributed by atoms with E-state index in [-0.39, 0.29) is 24.4 Å². The van der Waals surface area contributed by atoms with Crippen molar-refractivity contribution in [1.82, 2.24) is 10.2 Å². The largest absolute Gasteiger partial charge is 0.481 e. The first-order valence-corrected chi connectivity index (χ1v) is 6.36. The van der Waals surface area contributed by atoms with Crippen molar-refractivity contribution >= 4 is 11.9 Å². The molecule has 0 aliphatic carbocycles. The van der Waals surface area contributed by atoms with Crippen LogP contribution in [-0.2, 0) is 9.59 Å². The molecule has 102 valence electrons. The summed E-state index contributed by atoms with van der Waals surface area (Å²) in [6, 6.07) is 9.70. The predicted molar refractivity (Wildman–Crippen MR) is 70.6 cm³/mol. The van der Waals surface area contributed by atoms with Gasteiger partial charge in [-0.1, -0.05) is 30.3 Å². The van der Waals surface area contributed by atoms with Crippen LogP contribution in [0.3, 0.4) is 0 Å². The lowest BCUT2D eigenvalue weighted by Gasteiger charge is -2.36. The second kappa shape index (κ2) is 5.84. The van der Waals surface area contributed by atoms with Crippen molar-refractivity contribution in [3.8, 4) is 0 Å². The molecule has 1 saturated heterocycles. The van der Waals surface area contributed by atoms with Gasteiger partial charge in [-0.2, -0.15) is 0 Å². The molecule has 1 aromatic carbocycles. The molecule has 2 unspecified atom stereocenters. The molecule has 0 aromatic heterocycles. The summed E-state index contributed by atoms with van der Waals surface area (Å²) in [5.74, 6) is -1.00. The van der Waals surface area contributed by atoms with E-state index < -0.39 is 5.97 Å². The number of carboxylic acid groups (broad SMARTS) is 1. The third-order valence-corrected chi connectivity index (χ3v) is 3.42. The van der Waals surface area contributed by atoms with Crippen LogP contribution in [0.1, 0.15) is 24.9 Å². The van der Waals surface area contributed by atoms with Gasteiger partial charge in [0.15, 0.2) is 0 Å². The van der Waals surface area contributed by atoms with Crippen LogP contribution in [0.25, 0.3) is 0 Å². The van der Waals surface area contributed by atoms with Gasteiger partial charge < -0.3 is 10.4 Å². The molecule has 2 N–H and O–H groups in total. The van der Waals surface area contributed by atoms with E-state index in [1.165, 1.54) is 0 Å². The number of carbonyl (C=O) groups excluding carboxylic acids is 1. The highest BCUT2D eigenvalue weighted by Crippen LogP contribution is 2.21. The minimum Gasteiger partial charge on any atom is -0.481 e. The zero-order chi connectivity index (χ0) is 13.8. The summed E-state index contributed by atoms with van der Waals surface area (Å²) in [5.41, 5.74) is 1.13. The Labute approximate surface area is 112 Å². The molecule has 1 aliphatic heterocycles. The van der Waals surface area contributed by atoms with Crippen LogP contribution in [0.4, 0.5) is 0 Å². The molecule has 2 rings (SSSR count). The Morgan fingerprint density at radius 2 is 2.16 bits per heavy atom. The topological polar surface area (TPSA) is 69.6 Å². The normalized spacial score (nSPS) is 21.7. The van der Waals surface area contributed by atoms with Crippen LogP contribution >= 0.6 is 0 Å². The molecule has 1 heterocycles. The van der Waals surface area contributed by atoms with Gasteiger partial charge in [0.25, 0.3) is 0 Å². The number of amides is 1. The molecule has 1 aliphatic rings. The summed E-state index contributed by atoms with van der Waals surface area (Å²) in [4.78, 5) is 24.4. The predicted octanol–water partition coefficient (Wildman–Crippen LogP) is 1.02. The summed E-state index contributed by atoms with van der Waals surface area (Å²) < 4.78 is 0. The van der Waals surface area contributed by atoms with Crippen molar-refractivity contribution in [1.29, 1.82) is 0 Å². The molecule has 2 atom stereocenters. The molecule has 5 nitrogen and oxygen atoms in total. The first-order valence-electron chi connectivity index (χ1n) is 6.36. The second-order valence-electron chi connectivity index (χ2n) is 4.88. The number of benzene rings is 1. The Hall–Kier alpha value is -1.88. The molecule has 0 bridgehead atoms. The van der Waals surface area contributed by atoms with Crippen molar-refractivity contribution in [2.75, 3.05) is 13.1 Å². The van der Waals surface area contributed by atoms with E-state index in [9.17, 15) is 9.59 Å². The lowest BCUT2D eigenvalue weighted by Crippen LogP contribution is -2.55. The first kappa shape index (κ1) is 13.5. The van der Waals surface area contributed by atoms with Crippen molar-refractivity contribution in [3.05, 3.63) is 35.9 Å². The quantitative estimate of drug-likeness (QED) is 0.850. The number of rotatable bonds is 4. The average molecular weight is 262 g/mol. The Bertz CT molecular complexity index is 459. The molecule has 0 saturated carbocycles. The van der Waals surface area contributed by atoms with Gasteiger partial charge in [0.1, 0.15) is 0 Å². The fourth-order valence-corrected chi connectivity index (χ4v) is 2.41. The van der Waals surface area contributed by atoms with E-state index in [0.29, 0.717) is 13.1 Å². The van der Waals surface area contributed by atoms with Crippen molar-refractivity contribution in [2.24, 2.45) is 0 Å². The van der Waals surface area contributed by atoms with E-state index in [2.05, 4.69) is 5.32 Å². The summed E-state index contributed by atoms with van der Waals surface area (Å²) in [6.07, 6.45) is -0.0379. The molecule has 1 amide bonds. The fraction of sp³-hybridized carbons (Fsp3) is 0.429. The number of hydrogen-bond donors (Lipinski definition) is 2. The minimum atomic E-state index is -0.889. The highest BCUT2D eigenvalue weighted by Gasteiger charge is 2.29. The molecular formula is C14H18N2O3. The van der Waals surface area contributed by atoms with Crippen LogP contribution in [-0.4, -0.2) is 41.0 Å². The van der Waals surface area contributed by atoms with E-state index in [0.717, 1.165) is 5.56 Å². The Balaban J connectivity index is 2.07. The minimum absolute atomic E-state index is 0.0379. The van der Waals surface area contributed by atoms with E-state index in [1.807, 2.05) is 42.2 Å². The van der Waals surface area contributed by atoms with Gasteiger partial charge >= 0.3 is 5.97 Å². The average Bonchev–Trinajstić information content (AvgIpc) is 2.37. The molecule has 0 radical (unpaired) electrons.